The van der Waals surface area contributed by atoms with E-state index in [0.29, 0.717) is 19.2 Å². The first-order chi connectivity index (χ1) is 9.24. The van der Waals surface area contributed by atoms with Crippen LogP contribution in [0.1, 0.15) is 36.9 Å². The first kappa shape index (κ1) is 14.5. The molecule has 106 valence electrons. The molecule has 1 atom stereocenters. The van der Waals surface area contributed by atoms with E-state index in [2.05, 4.69) is 36.1 Å². The van der Waals surface area contributed by atoms with Crippen molar-refractivity contribution in [3.8, 4) is 0 Å². The minimum absolute atomic E-state index is 0.365. The minimum Gasteiger partial charge on any atom is -0.380 e. The molecule has 1 unspecified atom stereocenters. The van der Waals surface area contributed by atoms with Crippen LogP contribution in [0.5, 0.6) is 0 Å². The number of benzene rings is 1. The molecule has 1 aliphatic heterocycles. The Hall–Kier alpha value is -0.900. The predicted octanol–water partition coefficient (Wildman–Crippen LogP) is 2.56. The topological polar surface area (TPSA) is 38.5 Å². The second-order valence-electron chi connectivity index (χ2n) is 5.64. The highest BCUT2D eigenvalue weighted by Gasteiger charge is 2.23. The summed E-state index contributed by atoms with van der Waals surface area (Å²) >= 11 is 0. The van der Waals surface area contributed by atoms with E-state index in [1.807, 2.05) is 0 Å². The van der Waals surface area contributed by atoms with Gasteiger partial charge < -0.3 is 10.5 Å². The number of ether oxygens (including phenoxy) is 1. The maximum Gasteiger partial charge on any atom is 0.0713 e. The predicted molar refractivity (Wildman–Crippen MR) is 78.9 cm³/mol. The van der Waals surface area contributed by atoms with E-state index in [-0.39, 0.29) is 0 Å². The summed E-state index contributed by atoms with van der Waals surface area (Å²) in [6.07, 6.45) is 2.58. The summed E-state index contributed by atoms with van der Waals surface area (Å²) in [4.78, 5) is 2.53. The van der Waals surface area contributed by atoms with Crippen LogP contribution in [0.4, 0.5) is 0 Å². The lowest BCUT2D eigenvalue weighted by Gasteiger charge is -2.36. The summed E-state index contributed by atoms with van der Waals surface area (Å²) in [5.41, 5.74) is 8.55. The van der Waals surface area contributed by atoms with Gasteiger partial charge in [-0.25, -0.2) is 0 Å². The Labute approximate surface area is 116 Å². The largest absolute Gasteiger partial charge is 0.380 e. The van der Waals surface area contributed by atoms with Gasteiger partial charge in [-0.3, -0.25) is 4.90 Å². The van der Waals surface area contributed by atoms with E-state index in [9.17, 15) is 0 Å². The lowest BCUT2D eigenvalue weighted by Crippen LogP contribution is -2.39. The molecular formula is C16H26N2O. The molecule has 1 aliphatic rings. The van der Waals surface area contributed by atoms with Crippen LogP contribution in [-0.2, 0) is 11.3 Å². The standard InChI is InChI=1S/C16H26N2O/c1-13-7-9-18(10-8-13)16(11-17)15-5-3-14(4-6-15)12-19-2/h3-6,13,16H,7-12,17H2,1-2H3. The van der Waals surface area contributed by atoms with Crippen molar-refractivity contribution in [2.24, 2.45) is 11.7 Å². The highest BCUT2D eigenvalue weighted by atomic mass is 16.5. The van der Waals surface area contributed by atoms with E-state index < -0.39 is 0 Å². The summed E-state index contributed by atoms with van der Waals surface area (Å²) in [5, 5.41) is 0. The van der Waals surface area contributed by atoms with Gasteiger partial charge in [-0.1, -0.05) is 31.2 Å². The maximum atomic E-state index is 6.00. The molecule has 1 aromatic carbocycles. The number of piperidine rings is 1. The fourth-order valence-electron chi connectivity index (χ4n) is 2.84. The summed E-state index contributed by atoms with van der Waals surface area (Å²) in [6, 6.07) is 9.06. The second-order valence-corrected chi connectivity index (χ2v) is 5.64. The van der Waals surface area contributed by atoms with Crippen LogP contribution < -0.4 is 5.73 Å². The second kappa shape index (κ2) is 7.04. The normalized spacial score (nSPS) is 19.5. The molecule has 0 radical (unpaired) electrons. The summed E-state index contributed by atoms with van der Waals surface area (Å²) in [7, 11) is 1.73. The Kier molecular flexibility index (Phi) is 5.37. The number of nitrogens with zero attached hydrogens (tertiary/aromatic N) is 1. The molecule has 2 rings (SSSR count). The third kappa shape index (κ3) is 3.78. The van der Waals surface area contributed by atoms with Crippen LogP contribution in [0.2, 0.25) is 0 Å². The highest BCUT2D eigenvalue weighted by Crippen LogP contribution is 2.26. The number of hydrogen-bond acceptors (Lipinski definition) is 3. The van der Waals surface area contributed by atoms with Crippen molar-refractivity contribution >= 4 is 0 Å². The molecule has 0 aliphatic carbocycles. The van der Waals surface area contributed by atoms with Crippen LogP contribution >= 0.6 is 0 Å². The third-order valence-electron chi connectivity index (χ3n) is 4.16. The lowest BCUT2D eigenvalue weighted by atomic mass is 9.95. The van der Waals surface area contributed by atoms with E-state index in [4.69, 9.17) is 10.5 Å². The number of likely N-dealkylation sites (tertiary alicyclic amines) is 1. The smallest absolute Gasteiger partial charge is 0.0713 e. The Balaban J connectivity index is 2.04. The van der Waals surface area contributed by atoms with Crippen LogP contribution in [-0.4, -0.2) is 31.6 Å². The SMILES string of the molecule is COCc1ccc(C(CN)N2CCC(C)CC2)cc1. The molecule has 0 bridgehead atoms. The molecular weight excluding hydrogens is 236 g/mol. The molecule has 1 fully saturated rings. The van der Waals surface area contributed by atoms with Crippen LogP contribution in [0.3, 0.4) is 0 Å². The highest BCUT2D eigenvalue weighted by molar-refractivity contribution is 5.25. The average Bonchev–Trinajstić information content (AvgIpc) is 2.44. The minimum atomic E-state index is 0.365. The third-order valence-corrected chi connectivity index (χ3v) is 4.16. The van der Waals surface area contributed by atoms with E-state index in [1.165, 1.54) is 37.1 Å². The molecule has 1 saturated heterocycles. The number of rotatable bonds is 5. The van der Waals surface area contributed by atoms with Crippen molar-refractivity contribution in [1.82, 2.24) is 4.90 Å². The fraction of sp³-hybridized carbons (Fsp3) is 0.625. The van der Waals surface area contributed by atoms with Crippen molar-refractivity contribution in [3.63, 3.8) is 0 Å². The van der Waals surface area contributed by atoms with Crippen molar-refractivity contribution in [2.45, 2.75) is 32.4 Å². The van der Waals surface area contributed by atoms with Gasteiger partial charge in [0.15, 0.2) is 0 Å². The van der Waals surface area contributed by atoms with Gasteiger partial charge in [-0.15, -0.1) is 0 Å². The number of hydrogen-bond donors (Lipinski definition) is 1. The van der Waals surface area contributed by atoms with Gasteiger partial charge in [0.1, 0.15) is 0 Å². The monoisotopic (exact) mass is 262 g/mol. The van der Waals surface area contributed by atoms with Gasteiger partial charge in [0.2, 0.25) is 0 Å². The zero-order chi connectivity index (χ0) is 13.7. The fourth-order valence-corrected chi connectivity index (χ4v) is 2.84. The van der Waals surface area contributed by atoms with Gasteiger partial charge in [-0.2, -0.15) is 0 Å². The average molecular weight is 262 g/mol. The van der Waals surface area contributed by atoms with Crippen molar-refractivity contribution in [3.05, 3.63) is 35.4 Å². The van der Waals surface area contributed by atoms with E-state index in [1.54, 1.807) is 7.11 Å². The number of methoxy groups -OCH3 is 1. The molecule has 2 N–H and O–H groups in total. The van der Waals surface area contributed by atoms with Crippen LogP contribution in [0.15, 0.2) is 24.3 Å². The molecule has 19 heavy (non-hydrogen) atoms. The zero-order valence-corrected chi connectivity index (χ0v) is 12.1. The van der Waals surface area contributed by atoms with Gasteiger partial charge in [0.25, 0.3) is 0 Å². The Bertz CT molecular complexity index is 369. The maximum absolute atomic E-state index is 6.00. The molecule has 0 aromatic heterocycles. The Morgan fingerprint density at radius 2 is 1.89 bits per heavy atom. The zero-order valence-electron chi connectivity index (χ0n) is 12.1. The van der Waals surface area contributed by atoms with Crippen LogP contribution in [0, 0.1) is 5.92 Å². The molecule has 3 nitrogen and oxygen atoms in total. The molecule has 0 amide bonds. The molecule has 0 saturated carbocycles. The molecule has 1 aromatic rings. The van der Waals surface area contributed by atoms with Gasteiger partial charge in [0.05, 0.1) is 6.61 Å². The quantitative estimate of drug-likeness (QED) is 0.886. The molecule has 1 heterocycles. The van der Waals surface area contributed by atoms with Gasteiger partial charge in [0, 0.05) is 19.7 Å². The molecule has 3 heteroatoms. The molecule has 0 spiro atoms. The van der Waals surface area contributed by atoms with Crippen LogP contribution in [0.25, 0.3) is 0 Å². The Morgan fingerprint density at radius 3 is 2.42 bits per heavy atom. The van der Waals surface area contributed by atoms with E-state index in [0.717, 1.165) is 5.92 Å². The van der Waals surface area contributed by atoms with Crippen molar-refractivity contribution in [2.75, 3.05) is 26.7 Å². The first-order valence-corrected chi connectivity index (χ1v) is 7.26. The Morgan fingerprint density at radius 1 is 1.26 bits per heavy atom. The lowest BCUT2D eigenvalue weighted by molar-refractivity contribution is 0.141. The summed E-state index contributed by atoms with van der Waals surface area (Å²) in [5.74, 6) is 0.860. The van der Waals surface area contributed by atoms with Gasteiger partial charge in [-0.05, 0) is 43.0 Å². The van der Waals surface area contributed by atoms with Gasteiger partial charge >= 0.3 is 0 Å². The van der Waals surface area contributed by atoms with Crippen molar-refractivity contribution in [1.29, 1.82) is 0 Å². The first-order valence-electron chi connectivity index (χ1n) is 7.26. The summed E-state index contributed by atoms with van der Waals surface area (Å²) < 4.78 is 5.15. The van der Waals surface area contributed by atoms with E-state index >= 15 is 0 Å². The summed E-state index contributed by atoms with van der Waals surface area (Å²) in [6.45, 7) is 6.05. The number of nitrogens with two attached hydrogens (primary N) is 1. The van der Waals surface area contributed by atoms with Crippen molar-refractivity contribution < 1.29 is 4.74 Å².